The number of aromatic nitrogens is 2. The number of pyridine rings is 1. The van der Waals surface area contributed by atoms with Crippen molar-refractivity contribution in [3.8, 4) is 22.6 Å². The summed E-state index contributed by atoms with van der Waals surface area (Å²) in [5.74, 6) is -1.26. The summed E-state index contributed by atoms with van der Waals surface area (Å²) >= 11 is 5.95. The quantitative estimate of drug-likeness (QED) is 0.499. The molecular formula is C21H13ClF2N2O2. The number of aliphatic hydroxyl groups excluding tert-OH is 1. The van der Waals surface area contributed by atoms with Crippen LogP contribution in [0.2, 0.25) is 5.02 Å². The van der Waals surface area contributed by atoms with Crippen molar-refractivity contribution >= 4 is 11.6 Å². The molecule has 1 unspecified atom stereocenters. The van der Waals surface area contributed by atoms with Crippen LogP contribution in [0.5, 0.6) is 0 Å². The molecule has 0 bridgehead atoms. The third-order valence-electron chi connectivity index (χ3n) is 4.29. The van der Waals surface area contributed by atoms with Crippen molar-refractivity contribution in [1.82, 2.24) is 10.1 Å². The summed E-state index contributed by atoms with van der Waals surface area (Å²) in [5, 5.41) is 15.5. The molecule has 4 aromatic rings. The molecule has 0 aliphatic carbocycles. The normalized spacial score (nSPS) is 12.1. The topological polar surface area (TPSA) is 59.2 Å². The monoisotopic (exact) mass is 398 g/mol. The average Bonchev–Trinajstić information content (AvgIpc) is 3.13. The predicted molar refractivity (Wildman–Crippen MR) is 101 cm³/mol. The number of aliphatic hydroxyl groups is 1. The third-order valence-corrected chi connectivity index (χ3v) is 4.55. The van der Waals surface area contributed by atoms with Crippen LogP contribution in [0, 0.1) is 11.6 Å². The van der Waals surface area contributed by atoms with E-state index in [-0.39, 0.29) is 22.6 Å². The molecule has 2 heterocycles. The van der Waals surface area contributed by atoms with Crippen molar-refractivity contribution in [2.24, 2.45) is 0 Å². The lowest BCUT2D eigenvalue weighted by molar-refractivity contribution is 0.220. The summed E-state index contributed by atoms with van der Waals surface area (Å²) < 4.78 is 33.2. The number of hydrogen-bond acceptors (Lipinski definition) is 4. The standard InChI is InChI=1S/C21H13ClF2N2O2/c22-14-5-3-12(4-6-14)21-18(20(27)13-2-1-9-25-11-13)19(26-28-21)16-8-7-15(23)10-17(16)24/h1-11,20,27H. The van der Waals surface area contributed by atoms with Gasteiger partial charge in [-0.2, -0.15) is 0 Å². The van der Waals surface area contributed by atoms with E-state index in [1.807, 2.05) is 0 Å². The Kier molecular flexibility index (Phi) is 4.90. The Balaban J connectivity index is 1.93. The van der Waals surface area contributed by atoms with Crippen molar-refractivity contribution in [3.63, 3.8) is 0 Å². The molecule has 0 spiro atoms. The summed E-state index contributed by atoms with van der Waals surface area (Å²) in [6.45, 7) is 0. The van der Waals surface area contributed by atoms with E-state index < -0.39 is 17.7 Å². The zero-order valence-corrected chi connectivity index (χ0v) is 15.1. The second-order valence-corrected chi connectivity index (χ2v) is 6.53. The Morgan fingerprint density at radius 2 is 1.82 bits per heavy atom. The number of rotatable bonds is 4. The summed E-state index contributed by atoms with van der Waals surface area (Å²) in [7, 11) is 0. The minimum absolute atomic E-state index is 0.0169. The van der Waals surface area contributed by atoms with Crippen molar-refractivity contribution in [3.05, 3.63) is 94.8 Å². The van der Waals surface area contributed by atoms with Crippen molar-refractivity contribution in [2.75, 3.05) is 0 Å². The Morgan fingerprint density at radius 1 is 1.04 bits per heavy atom. The van der Waals surface area contributed by atoms with Gasteiger partial charge in [-0.1, -0.05) is 22.8 Å². The first kappa shape index (κ1) is 18.3. The summed E-state index contributed by atoms with van der Waals surface area (Å²) in [4.78, 5) is 4.01. The van der Waals surface area contributed by atoms with E-state index in [4.69, 9.17) is 16.1 Å². The van der Waals surface area contributed by atoms with Gasteiger partial charge in [0.05, 0.1) is 5.56 Å². The first-order chi connectivity index (χ1) is 13.5. The van der Waals surface area contributed by atoms with Gasteiger partial charge in [-0.05, 0) is 42.5 Å². The molecular weight excluding hydrogens is 386 g/mol. The van der Waals surface area contributed by atoms with Crippen molar-refractivity contribution in [2.45, 2.75) is 6.10 Å². The van der Waals surface area contributed by atoms with Gasteiger partial charge in [-0.25, -0.2) is 8.78 Å². The van der Waals surface area contributed by atoms with Crippen LogP contribution in [0.1, 0.15) is 17.2 Å². The smallest absolute Gasteiger partial charge is 0.173 e. The second kappa shape index (κ2) is 7.50. The zero-order valence-electron chi connectivity index (χ0n) is 14.3. The van der Waals surface area contributed by atoms with E-state index in [0.29, 0.717) is 16.1 Å². The van der Waals surface area contributed by atoms with Gasteiger partial charge in [0.2, 0.25) is 0 Å². The average molecular weight is 399 g/mol. The molecule has 0 radical (unpaired) electrons. The van der Waals surface area contributed by atoms with Crippen LogP contribution in [0.3, 0.4) is 0 Å². The Labute approximate surface area is 164 Å². The molecule has 0 saturated carbocycles. The van der Waals surface area contributed by atoms with Crippen molar-refractivity contribution in [1.29, 1.82) is 0 Å². The van der Waals surface area contributed by atoms with Crippen LogP contribution in [-0.2, 0) is 0 Å². The van der Waals surface area contributed by atoms with Crippen LogP contribution < -0.4 is 0 Å². The zero-order chi connectivity index (χ0) is 19.7. The van der Waals surface area contributed by atoms with Gasteiger partial charge in [0.15, 0.2) is 5.76 Å². The van der Waals surface area contributed by atoms with E-state index >= 15 is 0 Å². The van der Waals surface area contributed by atoms with E-state index in [1.54, 1.807) is 42.6 Å². The van der Waals surface area contributed by atoms with E-state index in [2.05, 4.69) is 10.1 Å². The highest BCUT2D eigenvalue weighted by Crippen LogP contribution is 2.39. The highest BCUT2D eigenvalue weighted by molar-refractivity contribution is 6.30. The summed E-state index contributed by atoms with van der Waals surface area (Å²) in [6, 6.07) is 13.2. The molecule has 0 amide bonds. The van der Waals surface area contributed by atoms with Gasteiger partial charge in [0.1, 0.15) is 23.4 Å². The predicted octanol–water partition coefficient (Wildman–Crippen LogP) is 5.42. The summed E-state index contributed by atoms with van der Waals surface area (Å²) in [5.41, 5.74) is 1.43. The second-order valence-electron chi connectivity index (χ2n) is 6.09. The lowest BCUT2D eigenvalue weighted by Gasteiger charge is -2.13. The lowest BCUT2D eigenvalue weighted by Crippen LogP contribution is -2.03. The lowest BCUT2D eigenvalue weighted by atomic mass is 9.94. The van der Waals surface area contributed by atoms with Crippen LogP contribution in [0.25, 0.3) is 22.6 Å². The molecule has 0 aliphatic heterocycles. The SMILES string of the molecule is OC(c1cccnc1)c1c(-c2ccc(F)cc2F)noc1-c1ccc(Cl)cc1. The van der Waals surface area contributed by atoms with Gasteiger partial charge < -0.3 is 9.63 Å². The molecule has 0 saturated heterocycles. The highest BCUT2D eigenvalue weighted by Gasteiger charge is 2.28. The van der Waals surface area contributed by atoms with Gasteiger partial charge in [0, 0.05) is 40.2 Å². The van der Waals surface area contributed by atoms with Gasteiger partial charge >= 0.3 is 0 Å². The molecule has 1 N–H and O–H groups in total. The largest absolute Gasteiger partial charge is 0.383 e. The van der Waals surface area contributed by atoms with Gasteiger partial charge in [-0.3, -0.25) is 4.98 Å². The molecule has 1 atom stereocenters. The van der Waals surface area contributed by atoms with E-state index in [0.717, 1.165) is 12.1 Å². The fourth-order valence-corrected chi connectivity index (χ4v) is 3.07. The first-order valence-corrected chi connectivity index (χ1v) is 8.71. The van der Waals surface area contributed by atoms with E-state index in [9.17, 15) is 13.9 Å². The molecule has 0 fully saturated rings. The molecule has 28 heavy (non-hydrogen) atoms. The maximum atomic E-state index is 14.4. The summed E-state index contributed by atoms with van der Waals surface area (Å²) in [6.07, 6.45) is 1.88. The minimum Gasteiger partial charge on any atom is -0.383 e. The molecule has 2 aromatic carbocycles. The number of benzene rings is 2. The van der Waals surface area contributed by atoms with Crippen LogP contribution >= 0.6 is 11.6 Å². The number of nitrogens with zero attached hydrogens (tertiary/aromatic N) is 2. The van der Waals surface area contributed by atoms with Crippen molar-refractivity contribution < 1.29 is 18.4 Å². The first-order valence-electron chi connectivity index (χ1n) is 8.33. The fraction of sp³-hybridized carbons (Fsp3) is 0.0476. The van der Waals surface area contributed by atoms with Crippen LogP contribution in [0.4, 0.5) is 8.78 Å². The van der Waals surface area contributed by atoms with Gasteiger partial charge in [0.25, 0.3) is 0 Å². The van der Waals surface area contributed by atoms with Gasteiger partial charge in [-0.15, -0.1) is 0 Å². The molecule has 7 heteroatoms. The fourth-order valence-electron chi connectivity index (χ4n) is 2.94. The molecule has 0 aliphatic rings. The molecule has 4 rings (SSSR count). The van der Waals surface area contributed by atoms with Crippen LogP contribution in [-0.4, -0.2) is 15.2 Å². The maximum absolute atomic E-state index is 14.4. The van der Waals surface area contributed by atoms with Crippen LogP contribution in [0.15, 0.2) is 71.5 Å². The third kappa shape index (κ3) is 3.40. The number of halogens is 3. The Hall–Kier alpha value is -3.09. The molecule has 140 valence electrons. The van der Waals surface area contributed by atoms with E-state index in [1.165, 1.54) is 12.3 Å². The molecule has 2 aromatic heterocycles. The minimum atomic E-state index is -1.19. The Bertz CT molecular complexity index is 1120. The number of hydrogen-bond donors (Lipinski definition) is 1. The maximum Gasteiger partial charge on any atom is 0.173 e. The Morgan fingerprint density at radius 3 is 2.50 bits per heavy atom. The highest BCUT2D eigenvalue weighted by atomic mass is 35.5. The molecule has 4 nitrogen and oxygen atoms in total.